The van der Waals surface area contributed by atoms with Gasteiger partial charge in [-0.25, -0.2) is 0 Å². The van der Waals surface area contributed by atoms with E-state index < -0.39 is 12.2 Å². The lowest BCUT2D eigenvalue weighted by Crippen LogP contribution is -2.47. The zero-order valence-corrected chi connectivity index (χ0v) is 16.1. The number of aliphatic hydroxyl groups is 2. The number of anilines is 1. The number of benzene rings is 2. The highest BCUT2D eigenvalue weighted by Crippen LogP contribution is 2.41. The van der Waals surface area contributed by atoms with Gasteiger partial charge in [-0.15, -0.1) is 0 Å². The summed E-state index contributed by atoms with van der Waals surface area (Å²) in [7, 11) is 0. The Morgan fingerprint density at radius 3 is 2.83 bits per heavy atom. The van der Waals surface area contributed by atoms with E-state index in [4.69, 9.17) is 4.74 Å². The molecular formula is C23H24N2O4. The highest BCUT2D eigenvalue weighted by Gasteiger charge is 2.32. The van der Waals surface area contributed by atoms with Gasteiger partial charge in [0.15, 0.2) is 0 Å². The molecule has 3 heterocycles. The molecule has 2 unspecified atom stereocenters. The van der Waals surface area contributed by atoms with Gasteiger partial charge in [0.1, 0.15) is 12.4 Å². The molecule has 1 amide bonds. The third-order valence-electron chi connectivity index (χ3n) is 6.03. The Hall–Kier alpha value is -2.67. The van der Waals surface area contributed by atoms with E-state index in [1.54, 1.807) is 0 Å². The van der Waals surface area contributed by atoms with Gasteiger partial charge in [0.25, 0.3) is 5.91 Å². The Morgan fingerprint density at radius 1 is 1.10 bits per heavy atom. The Balaban J connectivity index is 1.35. The van der Waals surface area contributed by atoms with Crippen molar-refractivity contribution < 1.29 is 19.7 Å². The van der Waals surface area contributed by atoms with Crippen LogP contribution in [0, 0.1) is 0 Å². The largest absolute Gasteiger partial charge is 0.487 e. The van der Waals surface area contributed by atoms with E-state index in [9.17, 15) is 15.0 Å². The Labute approximate surface area is 169 Å². The van der Waals surface area contributed by atoms with Crippen LogP contribution in [0.15, 0.2) is 42.5 Å². The minimum Gasteiger partial charge on any atom is -0.487 e. The number of amides is 1. The standard InChI is InChI=1S/C23H24N2O4/c26-19-8-10-25(12-20(19)27)9-7-14-5-6-16-15(11-14)13-29-22(16)21-17-3-1-2-4-18(17)24-23(21)28/h1-6,11,19-20,26-27H,7-10,12-13H2,(H,24,28)/b22-21+. The first-order chi connectivity index (χ1) is 14.1. The molecule has 150 valence electrons. The molecule has 3 N–H and O–H groups in total. The maximum atomic E-state index is 12.5. The normalized spacial score (nSPS) is 26.1. The summed E-state index contributed by atoms with van der Waals surface area (Å²) < 4.78 is 5.96. The van der Waals surface area contributed by atoms with Crippen molar-refractivity contribution in [3.05, 3.63) is 64.7 Å². The SMILES string of the molecule is O=C1Nc2ccccc2/C1=C1\OCc2cc(CCN3CCC(O)C(O)C3)ccc21. The summed E-state index contributed by atoms with van der Waals surface area (Å²) in [5, 5.41) is 22.4. The minimum atomic E-state index is -0.660. The van der Waals surface area contributed by atoms with E-state index in [2.05, 4.69) is 22.3 Å². The second-order valence-corrected chi connectivity index (χ2v) is 7.96. The number of nitrogens with one attached hydrogen (secondary N) is 1. The van der Waals surface area contributed by atoms with Gasteiger partial charge in [0.2, 0.25) is 0 Å². The highest BCUT2D eigenvalue weighted by atomic mass is 16.5. The fraction of sp³-hybridized carbons (Fsp3) is 0.348. The van der Waals surface area contributed by atoms with Crippen LogP contribution < -0.4 is 5.32 Å². The Morgan fingerprint density at radius 2 is 1.97 bits per heavy atom. The van der Waals surface area contributed by atoms with Crippen LogP contribution >= 0.6 is 0 Å². The van der Waals surface area contributed by atoms with Crippen LogP contribution in [0.4, 0.5) is 5.69 Å². The summed E-state index contributed by atoms with van der Waals surface area (Å²) in [5.74, 6) is 0.533. The van der Waals surface area contributed by atoms with Crippen molar-refractivity contribution in [3.63, 3.8) is 0 Å². The number of hydrogen-bond donors (Lipinski definition) is 3. The zero-order chi connectivity index (χ0) is 20.0. The number of carbonyl (C=O) groups is 1. The lowest BCUT2D eigenvalue weighted by atomic mass is 9.98. The van der Waals surface area contributed by atoms with Gasteiger partial charge in [-0.1, -0.05) is 36.4 Å². The van der Waals surface area contributed by atoms with Gasteiger partial charge in [-0.3, -0.25) is 4.79 Å². The van der Waals surface area contributed by atoms with Crippen LogP contribution in [0.2, 0.25) is 0 Å². The lowest BCUT2D eigenvalue weighted by Gasteiger charge is -2.33. The molecule has 29 heavy (non-hydrogen) atoms. The molecule has 1 fully saturated rings. The number of hydrogen-bond acceptors (Lipinski definition) is 5. The minimum absolute atomic E-state index is 0.121. The van der Waals surface area contributed by atoms with E-state index in [0.29, 0.717) is 30.9 Å². The summed E-state index contributed by atoms with van der Waals surface area (Å²) in [4.78, 5) is 14.7. The van der Waals surface area contributed by atoms with Crippen LogP contribution in [-0.2, 0) is 22.6 Å². The second kappa shape index (κ2) is 7.30. The van der Waals surface area contributed by atoms with Crippen molar-refractivity contribution in [3.8, 4) is 0 Å². The molecule has 0 aliphatic carbocycles. The second-order valence-electron chi connectivity index (χ2n) is 7.96. The van der Waals surface area contributed by atoms with Gasteiger partial charge in [0, 0.05) is 42.0 Å². The predicted octanol–water partition coefficient (Wildman–Crippen LogP) is 2.01. The van der Waals surface area contributed by atoms with Gasteiger partial charge in [0.05, 0.1) is 17.8 Å². The molecule has 0 aromatic heterocycles. The molecule has 2 aromatic rings. The molecule has 2 aromatic carbocycles. The smallest absolute Gasteiger partial charge is 0.260 e. The van der Waals surface area contributed by atoms with Crippen LogP contribution in [-0.4, -0.2) is 52.9 Å². The number of aliphatic hydroxyl groups excluding tert-OH is 2. The number of nitrogens with zero attached hydrogens (tertiary/aromatic N) is 1. The first-order valence-electron chi connectivity index (χ1n) is 10.1. The molecule has 0 bridgehead atoms. The summed E-state index contributed by atoms with van der Waals surface area (Å²) >= 11 is 0. The van der Waals surface area contributed by atoms with Crippen LogP contribution in [0.3, 0.4) is 0 Å². The predicted molar refractivity (Wildman–Crippen MR) is 110 cm³/mol. The van der Waals surface area contributed by atoms with E-state index in [1.807, 2.05) is 30.3 Å². The van der Waals surface area contributed by atoms with Gasteiger partial charge in [-0.05, 0) is 24.5 Å². The maximum absolute atomic E-state index is 12.5. The monoisotopic (exact) mass is 392 g/mol. The van der Waals surface area contributed by atoms with Crippen molar-refractivity contribution in [1.29, 1.82) is 0 Å². The maximum Gasteiger partial charge on any atom is 0.260 e. The summed E-state index contributed by atoms with van der Waals surface area (Å²) in [6.07, 6.45) is 0.213. The third-order valence-corrected chi connectivity index (χ3v) is 6.03. The van der Waals surface area contributed by atoms with Gasteiger partial charge in [-0.2, -0.15) is 0 Å². The van der Waals surface area contributed by atoms with Crippen molar-refractivity contribution >= 4 is 22.9 Å². The van der Waals surface area contributed by atoms with Crippen molar-refractivity contribution in [1.82, 2.24) is 4.90 Å². The average molecular weight is 392 g/mol. The molecule has 3 aliphatic rings. The number of rotatable bonds is 3. The van der Waals surface area contributed by atoms with Crippen LogP contribution in [0.25, 0.3) is 11.3 Å². The van der Waals surface area contributed by atoms with E-state index in [1.165, 1.54) is 5.56 Å². The average Bonchev–Trinajstić information content (AvgIpc) is 3.28. The molecular weight excluding hydrogens is 368 g/mol. The summed E-state index contributed by atoms with van der Waals surface area (Å²) in [5.41, 5.74) is 5.59. The molecule has 0 radical (unpaired) electrons. The third kappa shape index (κ3) is 3.33. The number of piperidine rings is 1. The van der Waals surface area contributed by atoms with Crippen LogP contribution in [0.1, 0.15) is 28.7 Å². The number of para-hydroxylation sites is 1. The fourth-order valence-electron chi connectivity index (χ4n) is 4.40. The molecule has 1 saturated heterocycles. The molecule has 5 rings (SSSR count). The quantitative estimate of drug-likeness (QED) is 0.696. The van der Waals surface area contributed by atoms with E-state index in [0.717, 1.165) is 41.9 Å². The molecule has 6 nitrogen and oxygen atoms in total. The Kier molecular flexibility index (Phi) is 4.62. The number of carbonyl (C=O) groups excluding carboxylic acids is 1. The summed E-state index contributed by atoms with van der Waals surface area (Å²) in [6, 6.07) is 14.0. The van der Waals surface area contributed by atoms with E-state index in [-0.39, 0.29) is 5.91 Å². The fourth-order valence-corrected chi connectivity index (χ4v) is 4.40. The molecule has 6 heteroatoms. The molecule has 3 aliphatic heterocycles. The van der Waals surface area contributed by atoms with Crippen molar-refractivity contribution in [2.45, 2.75) is 31.7 Å². The van der Waals surface area contributed by atoms with Crippen molar-refractivity contribution in [2.75, 3.05) is 25.0 Å². The first-order valence-corrected chi connectivity index (χ1v) is 10.1. The molecule has 0 spiro atoms. The van der Waals surface area contributed by atoms with Crippen molar-refractivity contribution in [2.24, 2.45) is 0 Å². The number of fused-ring (bicyclic) bond motifs is 2. The number of ether oxygens (including phenoxy) is 1. The van der Waals surface area contributed by atoms with E-state index >= 15 is 0 Å². The Bertz CT molecular complexity index is 1000. The van der Waals surface area contributed by atoms with Crippen LogP contribution in [0.5, 0.6) is 0 Å². The molecule has 2 atom stereocenters. The topological polar surface area (TPSA) is 82.0 Å². The number of β-amino-alcohol motifs (C(OH)–C–C–N with tert-alkyl or cyclic N) is 1. The highest BCUT2D eigenvalue weighted by molar-refractivity contribution is 6.36. The zero-order valence-electron chi connectivity index (χ0n) is 16.1. The van der Waals surface area contributed by atoms with Gasteiger partial charge >= 0.3 is 0 Å². The summed E-state index contributed by atoms with van der Waals surface area (Å²) in [6.45, 7) is 2.62. The van der Waals surface area contributed by atoms with Gasteiger partial charge < -0.3 is 25.2 Å². The molecule has 0 saturated carbocycles. The first kappa shape index (κ1) is 18.4. The number of likely N-dealkylation sites (tertiary alicyclic amines) is 1. The lowest BCUT2D eigenvalue weighted by molar-refractivity contribution is -0.110.